The molecule has 0 aliphatic rings. The van der Waals surface area contributed by atoms with Crippen molar-refractivity contribution < 1.29 is 4.79 Å². The topological polar surface area (TPSA) is 59.8 Å². The fourth-order valence-electron chi connectivity index (χ4n) is 3.19. The maximum atomic E-state index is 13.0. The third-order valence-corrected chi connectivity index (χ3v) is 4.82. The molecular formula is C22H19ClN4O. The first kappa shape index (κ1) is 18.2. The Bertz CT molecular complexity index is 1180. The number of rotatable bonds is 3. The highest BCUT2D eigenvalue weighted by Crippen LogP contribution is 2.26. The molecule has 0 saturated heterocycles. The van der Waals surface area contributed by atoms with E-state index in [-0.39, 0.29) is 5.91 Å². The second kappa shape index (κ2) is 7.09. The molecule has 5 nitrogen and oxygen atoms in total. The number of anilines is 1. The molecule has 0 saturated carbocycles. The van der Waals surface area contributed by atoms with Gasteiger partial charge in [0.1, 0.15) is 0 Å². The number of carbonyl (C=O) groups excluding carboxylic acids is 1. The summed E-state index contributed by atoms with van der Waals surface area (Å²) in [6.07, 6.45) is 0. The molecule has 0 fully saturated rings. The first-order valence-corrected chi connectivity index (χ1v) is 9.31. The van der Waals surface area contributed by atoms with Crippen LogP contribution < -0.4 is 5.32 Å². The van der Waals surface area contributed by atoms with Gasteiger partial charge in [0.2, 0.25) is 0 Å². The highest BCUT2D eigenvalue weighted by Gasteiger charge is 2.19. The van der Waals surface area contributed by atoms with Crippen LogP contribution in [0.15, 0.2) is 54.6 Å². The lowest BCUT2D eigenvalue weighted by atomic mass is 10.1. The van der Waals surface area contributed by atoms with Crippen LogP contribution in [0.2, 0.25) is 5.02 Å². The van der Waals surface area contributed by atoms with Gasteiger partial charge in [0.15, 0.2) is 5.65 Å². The van der Waals surface area contributed by atoms with Crippen LogP contribution >= 0.6 is 11.6 Å². The lowest BCUT2D eigenvalue weighted by Crippen LogP contribution is -2.13. The van der Waals surface area contributed by atoms with Crippen molar-refractivity contribution >= 4 is 34.2 Å². The summed E-state index contributed by atoms with van der Waals surface area (Å²) in [4.78, 5) is 17.7. The van der Waals surface area contributed by atoms with E-state index in [0.717, 1.165) is 22.5 Å². The maximum absolute atomic E-state index is 13.0. The van der Waals surface area contributed by atoms with Crippen molar-refractivity contribution in [3.05, 3.63) is 82.1 Å². The number of aryl methyl sites for hydroxylation is 3. The lowest BCUT2D eigenvalue weighted by molar-refractivity contribution is 0.102. The Morgan fingerprint density at radius 1 is 1.00 bits per heavy atom. The van der Waals surface area contributed by atoms with Crippen LogP contribution in [-0.4, -0.2) is 20.7 Å². The molecule has 6 heteroatoms. The van der Waals surface area contributed by atoms with Gasteiger partial charge in [-0.05, 0) is 63.2 Å². The van der Waals surface area contributed by atoms with Crippen LogP contribution in [-0.2, 0) is 0 Å². The fraction of sp³-hybridized carbons (Fsp3) is 0.136. The van der Waals surface area contributed by atoms with Crippen molar-refractivity contribution in [3.8, 4) is 5.69 Å². The average Bonchev–Trinajstić information content (AvgIpc) is 3.00. The second-order valence-corrected chi connectivity index (χ2v) is 7.24. The number of halogens is 1. The summed E-state index contributed by atoms with van der Waals surface area (Å²) in [6.45, 7) is 5.81. The van der Waals surface area contributed by atoms with Crippen molar-refractivity contribution in [2.45, 2.75) is 20.8 Å². The summed E-state index contributed by atoms with van der Waals surface area (Å²) in [5.41, 5.74) is 5.48. The summed E-state index contributed by atoms with van der Waals surface area (Å²) in [7, 11) is 0. The maximum Gasteiger partial charge on any atom is 0.256 e. The van der Waals surface area contributed by atoms with E-state index in [0.29, 0.717) is 21.9 Å². The zero-order valence-electron chi connectivity index (χ0n) is 15.8. The van der Waals surface area contributed by atoms with Gasteiger partial charge in [-0.1, -0.05) is 29.3 Å². The van der Waals surface area contributed by atoms with E-state index < -0.39 is 0 Å². The molecular weight excluding hydrogens is 372 g/mol. The summed E-state index contributed by atoms with van der Waals surface area (Å²) < 4.78 is 1.79. The van der Waals surface area contributed by atoms with Gasteiger partial charge in [-0.2, -0.15) is 5.10 Å². The molecule has 0 radical (unpaired) electrons. The summed E-state index contributed by atoms with van der Waals surface area (Å²) >= 11 is 5.92. The number of hydrogen-bond acceptors (Lipinski definition) is 3. The van der Waals surface area contributed by atoms with E-state index in [2.05, 4.69) is 15.4 Å². The molecule has 140 valence electrons. The van der Waals surface area contributed by atoms with Crippen molar-refractivity contribution in [1.29, 1.82) is 0 Å². The van der Waals surface area contributed by atoms with E-state index in [1.807, 2.05) is 45.0 Å². The minimum absolute atomic E-state index is 0.204. The molecule has 0 unspecified atom stereocenters. The normalized spacial score (nSPS) is 11.0. The van der Waals surface area contributed by atoms with E-state index in [1.165, 1.54) is 5.56 Å². The monoisotopic (exact) mass is 390 g/mol. The number of amides is 1. The Morgan fingerprint density at radius 2 is 1.68 bits per heavy atom. The van der Waals surface area contributed by atoms with Crippen LogP contribution in [0.25, 0.3) is 16.7 Å². The average molecular weight is 391 g/mol. The van der Waals surface area contributed by atoms with E-state index >= 15 is 0 Å². The van der Waals surface area contributed by atoms with Crippen molar-refractivity contribution in [3.63, 3.8) is 0 Å². The van der Waals surface area contributed by atoms with Crippen molar-refractivity contribution in [1.82, 2.24) is 14.8 Å². The summed E-state index contributed by atoms with van der Waals surface area (Å²) in [5.74, 6) is -0.204. The molecule has 0 bridgehead atoms. The van der Waals surface area contributed by atoms with E-state index in [9.17, 15) is 4.79 Å². The summed E-state index contributed by atoms with van der Waals surface area (Å²) in [5, 5.41) is 8.94. The number of hydrogen-bond donors (Lipinski definition) is 1. The Balaban J connectivity index is 1.82. The molecule has 2 aromatic carbocycles. The first-order chi connectivity index (χ1) is 13.4. The number of fused-ring (bicyclic) bond motifs is 1. The third kappa shape index (κ3) is 3.37. The van der Waals surface area contributed by atoms with Crippen LogP contribution in [0.1, 0.15) is 27.3 Å². The number of aromatic nitrogens is 3. The summed E-state index contributed by atoms with van der Waals surface area (Å²) in [6, 6.07) is 16.9. The Kier molecular flexibility index (Phi) is 4.61. The molecule has 4 aromatic rings. The third-order valence-electron chi connectivity index (χ3n) is 4.57. The second-order valence-electron chi connectivity index (χ2n) is 6.80. The van der Waals surface area contributed by atoms with Crippen LogP contribution in [0, 0.1) is 20.8 Å². The number of benzene rings is 2. The minimum atomic E-state index is -0.204. The van der Waals surface area contributed by atoms with Gasteiger partial charge < -0.3 is 5.32 Å². The fourth-order valence-corrected chi connectivity index (χ4v) is 3.32. The quantitative estimate of drug-likeness (QED) is 0.519. The minimum Gasteiger partial charge on any atom is -0.322 e. The molecule has 2 heterocycles. The number of carbonyl (C=O) groups is 1. The molecule has 0 spiro atoms. The van der Waals surface area contributed by atoms with Gasteiger partial charge in [-0.15, -0.1) is 0 Å². The number of nitrogens with zero attached hydrogens (tertiary/aromatic N) is 3. The molecule has 28 heavy (non-hydrogen) atoms. The van der Waals surface area contributed by atoms with Crippen LogP contribution in [0.5, 0.6) is 0 Å². The van der Waals surface area contributed by atoms with Gasteiger partial charge >= 0.3 is 0 Å². The molecule has 4 rings (SSSR count). The van der Waals surface area contributed by atoms with Gasteiger partial charge in [0.25, 0.3) is 5.91 Å². The van der Waals surface area contributed by atoms with Crippen LogP contribution in [0.3, 0.4) is 0 Å². The number of pyridine rings is 1. The predicted octanol–water partition coefficient (Wildman–Crippen LogP) is 5.25. The van der Waals surface area contributed by atoms with Crippen molar-refractivity contribution in [2.24, 2.45) is 0 Å². The molecule has 0 aliphatic carbocycles. The molecule has 1 amide bonds. The Labute approximate surface area is 168 Å². The van der Waals surface area contributed by atoms with E-state index in [4.69, 9.17) is 11.6 Å². The zero-order valence-corrected chi connectivity index (χ0v) is 16.6. The molecule has 1 N–H and O–H groups in total. The standard InChI is InChI=1S/C22H19ClN4O/c1-13-4-10-18(11-5-13)27-21-20(15(3)26-27)19(12-14(2)24-21)22(28)25-17-8-6-16(23)7-9-17/h4-12H,1-3H3,(H,25,28). The highest BCUT2D eigenvalue weighted by molar-refractivity contribution is 6.30. The van der Waals surface area contributed by atoms with Gasteiger partial charge in [0.05, 0.1) is 22.3 Å². The Morgan fingerprint density at radius 3 is 2.36 bits per heavy atom. The van der Waals surface area contributed by atoms with Gasteiger partial charge in [-0.25, -0.2) is 9.67 Å². The van der Waals surface area contributed by atoms with Gasteiger partial charge in [0, 0.05) is 16.4 Å². The smallest absolute Gasteiger partial charge is 0.256 e. The Hall–Kier alpha value is -3.18. The molecule has 2 aromatic heterocycles. The van der Waals surface area contributed by atoms with E-state index in [1.54, 1.807) is 35.0 Å². The highest BCUT2D eigenvalue weighted by atomic mass is 35.5. The predicted molar refractivity (Wildman–Crippen MR) is 112 cm³/mol. The largest absolute Gasteiger partial charge is 0.322 e. The van der Waals surface area contributed by atoms with Gasteiger partial charge in [-0.3, -0.25) is 4.79 Å². The molecule has 0 aliphatic heterocycles. The SMILES string of the molecule is Cc1ccc(-n2nc(C)c3c(C(=O)Nc4ccc(Cl)cc4)cc(C)nc32)cc1. The number of nitrogens with one attached hydrogen (secondary N) is 1. The first-order valence-electron chi connectivity index (χ1n) is 8.93. The lowest BCUT2D eigenvalue weighted by Gasteiger charge is -2.09. The zero-order chi connectivity index (χ0) is 19.8. The molecule has 0 atom stereocenters. The van der Waals surface area contributed by atoms with Crippen molar-refractivity contribution in [2.75, 3.05) is 5.32 Å². The van der Waals surface area contributed by atoms with Crippen LogP contribution in [0.4, 0.5) is 5.69 Å².